The molecule has 0 aliphatic rings. The third kappa shape index (κ3) is 6.16. The van der Waals surface area contributed by atoms with E-state index in [1.54, 1.807) is 49.8 Å². The summed E-state index contributed by atoms with van der Waals surface area (Å²) in [7, 11) is -2.19. The summed E-state index contributed by atoms with van der Waals surface area (Å²) >= 11 is 0. The highest BCUT2D eigenvalue weighted by Crippen LogP contribution is 2.31. The summed E-state index contributed by atoms with van der Waals surface area (Å²) in [5.74, 6) is 0.790. The Balaban J connectivity index is 1.50. The van der Waals surface area contributed by atoms with Crippen LogP contribution in [0.4, 0.5) is 5.69 Å². The Bertz CT molecular complexity index is 1510. The third-order valence-electron chi connectivity index (χ3n) is 5.95. The molecule has 1 amide bonds. The molecule has 2 aromatic carbocycles. The minimum atomic E-state index is -3.75. The molecule has 37 heavy (non-hydrogen) atoms. The minimum absolute atomic E-state index is 0.0561. The van der Waals surface area contributed by atoms with Crippen LogP contribution >= 0.6 is 0 Å². The second-order valence-electron chi connectivity index (χ2n) is 8.53. The molecule has 0 fully saturated rings. The largest absolute Gasteiger partial charge is 0.493 e. The molecule has 0 spiro atoms. The van der Waals surface area contributed by atoms with Gasteiger partial charge in [-0.25, -0.2) is 13.6 Å². The highest BCUT2D eigenvalue weighted by Gasteiger charge is 2.17. The summed E-state index contributed by atoms with van der Waals surface area (Å²) in [5, 5.41) is 8.12. The molecule has 0 aliphatic carbocycles. The molecule has 0 atom stereocenters. The first-order chi connectivity index (χ1) is 17.7. The monoisotopic (exact) mass is 520 g/mol. The van der Waals surface area contributed by atoms with Crippen molar-refractivity contribution >= 4 is 21.6 Å². The van der Waals surface area contributed by atoms with Crippen LogP contribution in [0.3, 0.4) is 0 Å². The van der Waals surface area contributed by atoms with E-state index in [4.69, 9.17) is 14.6 Å². The number of primary sulfonamides is 1. The van der Waals surface area contributed by atoms with Gasteiger partial charge in [0.25, 0.3) is 5.91 Å². The van der Waals surface area contributed by atoms with Crippen molar-refractivity contribution in [2.24, 2.45) is 5.14 Å². The summed E-state index contributed by atoms with van der Waals surface area (Å²) in [4.78, 5) is 17.3. The normalized spacial score (nSPS) is 11.2. The summed E-state index contributed by atoms with van der Waals surface area (Å²) in [6.45, 7) is 4.57. The fourth-order valence-electron chi connectivity index (χ4n) is 3.95. The molecule has 4 aromatic rings. The molecule has 0 aliphatic heterocycles. The molecular formula is C27H28N4O5S. The molecule has 0 bridgehead atoms. The number of hydrogen-bond donors (Lipinski definition) is 2. The lowest BCUT2D eigenvalue weighted by Gasteiger charge is -2.13. The maximum absolute atomic E-state index is 13.2. The van der Waals surface area contributed by atoms with Crippen LogP contribution in [0.2, 0.25) is 0 Å². The van der Waals surface area contributed by atoms with Gasteiger partial charge in [-0.05, 0) is 55.8 Å². The van der Waals surface area contributed by atoms with E-state index in [0.717, 1.165) is 22.5 Å². The molecule has 0 unspecified atom stereocenters. The van der Waals surface area contributed by atoms with E-state index in [2.05, 4.69) is 10.3 Å². The summed E-state index contributed by atoms with van der Waals surface area (Å²) in [5.41, 5.74) is 4.57. The Kier molecular flexibility index (Phi) is 7.61. The quantitative estimate of drug-likeness (QED) is 0.343. The van der Waals surface area contributed by atoms with Crippen molar-refractivity contribution in [3.05, 3.63) is 101 Å². The van der Waals surface area contributed by atoms with Crippen molar-refractivity contribution in [1.29, 1.82) is 0 Å². The zero-order valence-corrected chi connectivity index (χ0v) is 21.6. The summed E-state index contributed by atoms with van der Waals surface area (Å²) < 4.78 is 36.3. The van der Waals surface area contributed by atoms with Crippen molar-refractivity contribution in [3.63, 3.8) is 0 Å². The number of aryl methyl sites for hydroxylation is 1. The molecule has 0 radical (unpaired) electrons. The van der Waals surface area contributed by atoms with E-state index in [1.165, 1.54) is 12.1 Å². The van der Waals surface area contributed by atoms with Gasteiger partial charge >= 0.3 is 0 Å². The third-order valence-corrected chi connectivity index (χ3v) is 6.88. The van der Waals surface area contributed by atoms with Crippen LogP contribution in [-0.2, 0) is 23.2 Å². The number of methoxy groups -OCH3 is 1. The number of nitrogens with zero attached hydrogens (tertiary/aromatic N) is 2. The number of benzene rings is 2. The van der Waals surface area contributed by atoms with Gasteiger partial charge < -0.3 is 19.4 Å². The zero-order chi connectivity index (χ0) is 26.6. The Hall–Kier alpha value is -4.15. The lowest BCUT2D eigenvalue weighted by molar-refractivity contribution is 0.102. The number of aromatic nitrogens is 2. The van der Waals surface area contributed by atoms with Crippen LogP contribution in [0.5, 0.6) is 11.5 Å². The van der Waals surface area contributed by atoms with Crippen LogP contribution in [0.15, 0.2) is 78.0 Å². The van der Waals surface area contributed by atoms with E-state index in [-0.39, 0.29) is 10.8 Å². The van der Waals surface area contributed by atoms with Gasteiger partial charge in [-0.3, -0.25) is 9.78 Å². The number of pyridine rings is 1. The summed E-state index contributed by atoms with van der Waals surface area (Å²) in [6, 6.07) is 17.2. The van der Waals surface area contributed by atoms with Gasteiger partial charge in [0.05, 0.1) is 17.6 Å². The van der Waals surface area contributed by atoms with Crippen LogP contribution in [0, 0.1) is 13.8 Å². The van der Waals surface area contributed by atoms with Crippen LogP contribution in [0.25, 0.3) is 0 Å². The molecule has 3 N–H and O–H groups in total. The predicted octanol–water partition coefficient (Wildman–Crippen LogP) is 4.04. The number of carbonyl (C=O) groups excluding carboxylic acids is 1. The number of nitrogens with two attached hydrogens (primary N) is 1. The van der Waals surface area contributed by atoms with Crippen molar-refractivity contribution in [3.8, 4) is 11.5 Å². The first-order valence-electron chi connectivity index (χ1n) is 11.5. The number of rotatable bonds is 9. The zero-order valence-electron chi connectivity index (χ0n) is 20.8. The van der Waals surface area contributed by atoms with E-state index in [9.17, 15) is 13.2 Å². The molecule has 0 saturated heterocycles. The molecule has 9 nitrogen and oxygen atoms in total. The Morgan fingerprint density at radius 2 is 1.78 bits per heavy atom. The number of nitrogens with one attached hydrogen (secondary N) is 1. The van der Waals surface area contributed by atoms with Gasteiger partial charge in [-0.1, -0.05) is 18.2 Å². The number of hydrogen-bond acceptors (Lipinski definition) is 6. The lowest BCUT2D eigenvalue weighted by Crippen LogP contribution is -2.14. The van der Waals surface area contributed by atoms with Crippen LogP contribution in [-0.4, -0.2) is 31.0 Å². The topological polar surface area (TPSA) is 126 Å². The van der Waals surface area contributed by atoms with Gasteiger partial charge in [-0.15, -0.1) is 0 Å². The van der Waals surface area contributed by atoms with Crippen LogP contribution < -0.4 is 19.9 Å². The number of carbonyl (C=O) groups is 1. The van der Waals surface area contributed by atoms with Crippen LogP contribution in [0.1, 0.15) is 32.9 Å². The lowest BCUT2D eigenvalue weighted by atomic mass is 10.2. The average molecular weight is 521 g/mol. The maximum Gasteiger partial charge on any atom is 0.257 e. The maximum atomic E-state index is 13.2. The van der Waals surface area contributed by atoms with Crippen molar-refractivity contribution in [2.45, 2.75) is 31.9 Å². The van der Waals surface area contributed by atoms with Gasteiger partial charge in [0.2, 0.25) is 10.0 Å². The van der Waals surface area contributed by atoms with E-state index in [0.29, 0.717) is 35.9 Å². The SMILES string of the molecule is COc1ccc(NC(=O)c2cc(C)n(Cc3ccc(S(N)(=O)=O)cc3)c2C)cc1OCc1cccnc1. The average Bonchev–Trinajstić information content (AvgIpc) is 3.16. The second-order valence-corrected chi connectivity index (χ2v) is 10.1. The Morgan fingerprint density at radius 3 is 2.43 bits per heavy atom. The molecule has 0 saturated carbocycles. The highest BCUT2D eigenvalue weighted by atomic mass is 32.2. The second kappa shape index (κ2) is 10.9. The Labute approximate surface area is 215 Å². The highest BCUT2D eigenvalue weighted by molar-refractivity contribution is 7.89. The van der Waals surface area contributed by atoms with Gasteiger partial charge in [-0.2, -0.15) is 0 Å². The fraction of sp³-hybridized carbons (Fsp3) is 0.185. The number of ether oxygens (including phenoxy) is 2. The molecule has 2 heterocycles. The first kappa shape index (κ1) is 25.9. The fourth-order valence-corrected chi connectivity index (χ4v) is 4.47. The molecule has 192 valence electrons. The first-order valence-corrected chi connectivity index (χ1v) is 13.0. The van der Waals surface area contributed by atoms with Crippen molar-refractivity contribution in [2.75, 3.05) is 12.4 Å². The van der Waals surface area contributed by atoms with Gasteiger partial charge in [0.1, 0.15) is 6.61 Å². The number of sulfonamides is 1. The Morgan fingerprint density at radius 1 is 1.03 bits per heavy atom. The molecular weight excluding hydrogens is 492 g/mol. The smallest absolute Gasteiger partial charge is 0.257 e. The van der Waals surface area contributed by atoms with E-state index >= 15 is 0 Å². The standard InChI is InChI=1S/C27H28N4O5S/c1-18-13-24(19(2)31(18)16-20-6-9-23(10-7-20)37(28,33)34)27(32)30-22-8-11-25(35-3)26(14-22)36-17-21-5-4-12-29-15-21/h4-15H,16-17H2,1-3H3,(H,30,32)(H2,28,33,34). The van der Waals surface area contributed by atoms with Gasteiger partial charge in [0.15, 0.2) is 11.5 Å². The number of amides is 1. The van der Waals surface area contributed by atoms with Crippen molar-refractivity contribution in [1.82, 2.24) is 9.55 Å². The molecule has 2 aromatic heterocycles. The summed E-state index contributed by atoms with van der Waals surface area (Å²) in [6.07, 6.45) is 3.42. The number of anilines is 1. The van der Waals surface area contributed by atoms with E-state index < -0.39 is 10.0 Å². The predicted molar refractivity (Wildman–Crippen MR) is 140 cm³/mol. The molecule has 4 rings (SSSR count). The minimum Gasteiger partial charge on any atom is -0.493 e. The van der Waals surface area contributed by atoms with Crippen molar-refractivity contribution < 1.29 is 22.7 Å². The molecule has 10 heteroatoms. The van der Waals surface area contributed by atoms with E-state index in [1.807, 2.05) is 36.6 Å². The van der Waals surface area contributed by atoms with Gasteiger partial charge in [0, 0.05) is 47.6 Å².